The minimum atomic E-state index is 0.799. The SMILES string of the molecule is CCC(CC)CN(CC)Cc1cc(C)c(CNC)o1. The summed E-state index contributed by atoms with van der Waals surface area (Å²) in [5.41, 5.74) is 1.25. The van der Waals surface area contributed by atoms with Crippen LogP contribution in [0.2, 0.25) is 0 Å². The third-order valence-electron chi connectivity index (χ3n) is 3.91. The maximum Gasteiger partial charge on any atom is 0.120 e. The van der Waals surface area contributed by atoms with Crippen LogP contribution in [0, 0.1) is 12.8 Å². The van der Waals surface area contributed by atoms with Crippen LogP contribution < -0.4 is 5.32 Å². The molecule has 0 aliphatic carbocycles. The first-order valence-corrected chi connectivity index (χ1v) is 7.59. The molecule has 1 rings (SSSR count). The van der Waals surface area contributed by atoms with E-state index in [1.807, 2.05) is 7.05 Å². The summed E-state index contributed by atoms with van der Waals surface area (Å²) >= 11 is 0. The quantitative estimate of drug-likeness (QED) is 0.740. The molecule has 0 aliphatic heterocycles. The predicted molar refractivity (Wildman–Crippen MR) is 81.2 cm³/mol. The molecule has 0 radical (unpaired) electrons. The Bertz CT molecular complexity index is 356. The molecule has 0 aromatic carbocycles. The first-order valence-electron chi connectivity index (χ1n) is 7.59. The second-order valence-corrected chi connectivity index (χ2v) is 5.36. The third-order valence-corrected chi connectivity index (χ3v) is 3.91. The number of furan rings is 1. The molecule has 0 unspecified atom stereocenters. The van der Waals surface area contributed by atoms with Gasteiger partial charge in [0.15, 0.2) is 0 Å². The van der Waals surface area contributed by atoms with Gasteiger partial charge < -0.3 is 9.73 Å². The van der Waals surface area contributed by atoms with E-state index in [0.29, 0.717) is 0 Å². The highest BCUT2D eigenvalue weighted by molar-refractivity contribution is 5.20. The number of nitrogens with zero attached hydrogens (tertiary/aromatic N) is 1. The minimum Gasteiger partial charge on any atom is -0.463 e. The van der Waals surface area contributed by atoms with E-state index in [9.17, 15) is 0 Å². The Morgan fingerprint density at radius 2 is 1.95 bits per heavy atom. The number of aryl methyl sites for hydroxylation is 1. The summed E-state index contributed by atoms with van der Waals surface area (Å²) in [6, 6.07) is 2.18. The molecule has 0 aliphatic rings. The fourth-order valence-electron chi connectivity index (χ4n) is 2.44. The van der Waals surface area contributed by atoms with Crippen molar-refractivity contribution >= 4 is 0 Å². The molecule has 3 heteroatoms. The second kappa shape index (κ2) is 8.39. The van der Waals surface area contributed by atoms with Crippen LogP contribution >= 0.6 is 0 Å². The zero-order valence-electron chi connectivity index (χ0n) is 13.3. The largest absolute Gasteiger partial charge is 0.463 e. The summed E-state index contributed by atoms with van der Waals surface area (Å²) in [5.74, 6) is 2.96. The lowest BCUT2D eigenvalue weighted by atomic mass is 10.0. The molecule has 0 saturated carbocycles. The van der Waals surface area contributed by atoms with Crippen molar-refractivity contribution in [1.29, 1.82) is 0 Å². The van der Waals surface area contributed by atoms with Gasteiger partial charge in [-0.1, -0.05) is 33.6 Å². The first kappa shape index (κ1) is 16.3. The number of hydrogen-bond acceptors (Lipinski definition) is 3. The van der Waals surface area contributed by atoms with Gasteiger partial charge in [-0.05, 0) is 38.1 Å². The molecule has 1 aromatic heterocycles. The Balaban J connectivity index is 2.62. The Morgan fingerprint density at radius 3 is 2.47 bits per heavy atom. The predicted octanol–water partition coefficient (Wildman–Crippen LogP) is 3.57. The van der Waals surface area contributed by atoms with Crippen LogP contribution in [0.25, 0.3) is 0 Å². The second-order valence-electron chi connectivity index (χ2n) is 5.36. The van der Waals surface area contributed by atoms with E-state index in [4.69, 9.17) is 4.42 Å². The van der Waals surface area contributed by atoms with E-state index >= 15 is 0 Å². The van der Waals surface area contributed by atoms with Gasteiger partial charge in [-0.15, -0.1) is 0 Å². The summed E-state index contributed by atoms with van der Waals surface area (Å²) in [6.07, 6.45) is 2.52. The normalized spacial score (nSPS) is 11.7. The first-order chi connectivity index (χ1) is 9.14. The van der Waals surface area contributed by atoms with E-state index in [1.54, 1.807) is 0 Å². The molecule has 1 aromatic rings. The molecule has 19 heavy (non-hydrogen) atoms. The summed E-state index contributed by atoms with van der Waals surface area (Å²) in [4.78, 5) is 2.49. The molecule has 3 nitrogen and oxygen atoms in total. The van der Waals surface area contributed by atoms with Crippen molar-refractivity contribution in [1.82, 2.24) is 10.2 Å². The average Bonchev–Trinajstić information content (AvgIpc) is 2.75. The molecule has 0 amide bonds. The molecule has 110 valence electrons. The van der Waals surface area contributed by atoms with Crippen molar-refractivity contribution < 1.29 is 4.42 Å². The smallest absolute Gasteiger partial charge is 0.120 e. The van der Waals surface area contributed by atoms with Gasteiger partial charge in [0.1, 0.15) is 11.5 Å². The van der Waals surface area contributed by atoms with Crippen LogP contribution in [0.1, 0.15) is 50.7 Å². The Morgan fingerprint density at radius 1 is 1.26 bits per heavy atom. The summed E-state index contributed by atoms with van der Waals surface area (Å²) in [6.45, 7) is 12.9. The molecule has 0 spiro atoms. The van der Waals surface area contributed by atoms with Gasteiger partial charge in [0, 0.05) is 6.54 Å². The van der Waals surface area contributed by atoms with E-state index in [2.05, 4.69) is 44.0 Å². The van der Waals surface area contributed by atoms with Crippen LogP contribution in [0.15, 0.2) is 10.5 Å². The van der Waals surface area contributed by atoms with Crippen molar-refractivity contribution in [2.24, 2.45) is 5.92 Å². The summed E-state index contributed by atoms with van der Waals surface area (Å²) in [7, 11) is 1.95. The highest BCUT2D eigenvalue weighted by Crippen LogP contribution is 2.18. The standard InChI is InChI=1S/C16H30N2O/c1-6-14(7-2)11-18(8-3)12-15-9-13(4)16(19-15)10-17-5/h9,14,17H,6-8,10-12H2,1-5H3. The van der Waals surface area contributed by atoms with Crippen LogP contribution in [-0.4, -0.2) is 25.0 Å². The van der Waals surface area contributed by atoms with Crippen molar-refractivity contribution in [3.8, 4) is 0 Å². The zero-order chi connectivity index (χ0) is 14.3. The van der Waals surface area contributed by atoms with Crippen LogP contribution in [0.3, 0.4) is 0 Å². The Hall–Kier alpha value is -0.800. The Kier molecular flexibility index (Phi) is 7.17. The van der Waals surface area contributed by atoms with Crippen molar-refractivity contribution in [3.05, 3.63) is 23.2 Å². The van der Waals surface area contributed by atoms with E-state index in [-0.39, 0.29) is 0 Å². The highest BCUT2D eigenvalue weighted by atomic mass is 16.3. The average molecular weight is 266 g/mol. The molecule has 0 saturated heterocycles. The van der Waals surface area contributed by atoms with Gasteiger partial charge >= 0.3 is 0 Å². The molecule has 0 fully saturated rings. The zero-order valence-corrected chi connectivity index (χ0v) is 13.3. The van der Waals surface area contributed by atoms with Gasteiger partial charge in [-0.3, -0.25) is 4.90 Å². The number of nitrogens with one attached hydrogen (secondary N) is 1. The molecule has 1 heterocycles. The van der Waals surface area contributed by atoms with Crippen molar-refractivity contribution in [3.63, 3.8) is 0 Å². The van der Waals surface area contributed by atoms with Gasteiger partial charge in [-0.2, -0.15) is 0 Å². The summed E-state index contributed by atoms with van der Waals surface area (Å²) in [5, 5.41) is 3.15. The van der Waals surface area contributed by atoms with Gasteiger partial charge in [0.05, 0.1) is 13.1 Å². The van der Waals surface area contributed by atoms with E-state index < -0.39 is 0 Å². The maximum atomic E-state index is 5.93. The molecule has 0 bridgehead atoms. The summed E-state index contributed by atoms with van der Waals surface area (Å²) < 4.78 is 5.93. The topological polar surface area (TPSA) is 28.4 Å². The van der Waals surface area contributed by atoms with Crippen LogP contribution in [0.4, 0.5) is 0 Å². The lowest BCUT2D eigenvalue weighted by Crippen LogP contribution is -2.28. The van der Waals surface area contributed by atoms with E-state index in [1.165, 1.54) is 24.9 Å². The molecular weight excluding hydrogens is 236 g/mol. The van der Waals surface area contributed by atoms with Crippen molar-refractivity contribution in [2.75, 3.05) is 20.1 Å². The number of rotatable bonds is 9. The van der Waals surface area contributed by atoms with Gasteiger partial charge in [0.2, 0.25) is 0 Å². The van der Waals surface area contributed by atoms with Crippen LogP contribution in [-0.2, 0) is 13.1 Å². The molecular formula is C16H30N2O. The van der Waals surface area contributed by atoms with E-state index in [0.717, 1.165) is 37.1 Å². The highest BCUT2D eigenvalue weighted by Gasteiger charge is 2.13. The lowest BCUT2D eigenvalue weighted by Gasteiger charge is -2.24. The lowest BCUT2D eigenvalue weighted by molar-refractivity contribution is 0.209. The fourth-order valence-corrected chi connectivity index (χ4v) is 2.44. The number of hydrogen-bond donors (Lipinski definition) is 1. The minimum absolute atomic E-state index is 0.799. The monoisotopic (exact) mass is 266 g/mol. The van der Waals surface area contributed by atoms with Crippen molar-refractivity contribution in [2.45, 2.75) is 53.6 Å². The Labute approximate surface area is 118 Å². The molecule has 0 atom stereocenters. The van der Waals surface area contributed by atoms with Gasteiger partial charge in [0.25, 0.3) is 0 Å². The maximum absolute atomic E-state index is 5.93. The van der Waals surface area contributed by atoms with Crippen LogP contribution in [0.5, 0.6) is 0 Å². The molecule has 1 N–H and O–H groups in total. The van der Waals surface area contributed by atoms with Gasteiger partial charge in [-0.25, -0.2) is 0 Å². The fraction of sp³-hybridized carbons (Fsp3) is 0.750. The third kappa shape index (κ3) is 5.00.